The first kappa shape index (κ1) is 19.1. The second kappa shape index (κ2) is 9.98. The van der Waals surface area contributed by atoms with Crippen LogP contribution in [0.25, 0.3) is 0 Å². The van der Waals surface area contributed by atoms with Gasteiger partial charge in [0.1, 0.15) is 6.04 Å². The number of hydrogen-bond donors (Lipinski definition) is 2. The molecule has 0 saturated heterocycles. The summed E-state index contributed by atoms with van der Waals surface area (Å²) in [7, 11) is 0. The van der Waals surface area contributed by atoms with E-state index in [0.717, 1.165) is 18.7 Å². The van der Waals surface area contributed by atoms with Gasteiger partial charge in [0.2, 0.25) is 5.91 Å². The van der Waals surface area contributed by atoms with Crippen LogP contribution in [-0.2, 0) is 4.79 Å². The molecule has 2 unspecified atom stereocenters. The van der Waals surface area contributed by atoms with Crippen molar-refractivity contribution in [3.05, 3.63) is 61.2 Å². The average molecular weight is 315 g/mol. The lowest BCUT2D eigenvalue weighted by molar-refractivity contribution is -0.122. The van der Waals surface area contributed by atoms with E-state index in [4.69, 9.17) is 5.73 Å². The monoisotopic (exact) mass is 315 g/mol. The quantitative estimate of drug-likeness (QED) is 0.652. The average Bonchev–Trinajstić information content (AvgIpc) is 2.55. The lowest BCUT2D eigenvalue weighted by Crippen LogP contribution is -2.48. The SMILES string of the molecule is C=CCN(CC=C)C(CNC(=O)C(N)c1ccccc1)C(C)C. The van der Waals surface area contributed by atoms with Gasteiger partial charge < -0.3 is 11.1 Å². The molecule has 0 aliphatic rings. The zero-order valence-corrected chi connectivity index (χ0v) is 14.2. The second-order valence-corrected chi connectivity index (χ2v) is 5.98. The molecule has 0 heterocycles. The van der Waals surface area contributed by atoms with E-state index < -0.39 is 6.04 Å². The summed E-state index contributed by atoms with van der Waals surface area (Å²) in [5, 5.41) is 2.99. The van der Waals surface area contributed by atoms with Crippen LogP contribution in [0.4, 0.5) is 0 Å². The van der Waals surface area contributed by atoms with Gasteiger partial charge in [-0.2, -0.15) is 0 Å². The molecule has 0 saturated carbocycles. The predicted molar refractivity (Wildman–Crippen MR) is 97.0 cm³/mol. The number of carbonyl (C=O) groups is 1. The van der Waals surface area contributed by atoms with Gasteiger partial charge in [0.25, 0.3) is 0 Å². The third-order valence-electron chi connectivity index (χ3n) is 3.89. The van der Waals surface area contributed by atoms with Crippen LogP contribution in [0.3, 0.4) is 0 Å². The Labute approximate surface area is 140 Å². The van der Waals surface area contributed by atoms with Crippen molar-refractivity contribution in [2.45, 2.75) is 25.9 Å². The van der Waals surface area contributed by atoms with Crippen molar-refractivity contribution in [1.29, 1.82) is 0 Å². The molecular weight excluding hydrogens is 286 g/mol. The van der Waals surface area contributed by atoms with Crippen molar-refractivity contribution in [3.63, 3.8) is 0 Å². The third kappa shape index (κ3) is 6.00. The first-order valence-electron chi connectivity index (χ1n) is 8.05. The van der Waals surface area contributed by atoms with Gasteiger partial charge in [0, 0.05) is 25.7 Å². The maximum absolute atomic E-state index is 12.3. The second-order valence-electron chi connectivity index (χ2n) is 5.98. The maximum atomic E-state index is 12.3. The van der Waals surface area contributed by atoms with Crippen molar-refractivity contribution in [1.82, 2.24) is 10.2 Å². The van der Waals surface area contributed by atoms with E-state index in [-0.39, 0.29) is 11.9 Å². The number of carbonyl (C=O) groups excluding carboxylic acids is 1. The minimum absolute atomic E-state index is 0.154. The Balaban J connectivity index is 2.68. The predicted octanol–water partition coefficient (Wildman–Crippen LogP) is 2.50. The van der Waals surface area contributed by atoms with Gasteiger partial charge in [-0.1, -0.05) is 56.3 Å². The summed E-state index contributed by atoms with van der Waals surface area (Å²) in [6.07, 6.45) is 3.74. The van der Waals surface area contributed by atoms with Crippen LogP contribution in [-0.4, -0.2) is 36.5 Å². The summed E-state index contributed by atoms with van der Waals surface area (Å²) in [5.41, 5.74) is 6.86. The maximum Gasteiger partial charge on any atom is 0.241 e. The number of amides is 1. The molecule has 0 aromatic heterocycles. The van der Waals surface area contributed by atoms with Crippen LogP contribution in [0.2, 0.25) is 0 Å². The molecule has 0 bridgehead atoms. The van der Waals surface area contributed by atoms with Gasteiger partial charge in [-0.25, -0.2) is 0 Å². The van der Waals surface area contributed by atoms with Gasteiger partial charge in [0.05, 0.1) is 0 Å². The van der Waals surface area contributed by atoms with E-state index in [0.29, 0.717) is 12.5 Å². The molecule has 0 fully saturated rings. The standard InChI is InChI=1S/C19H29N3O/c1-5-12-22(13-6-2)17(15(3)4)14-21-19(23)18(20)16-10-8-7-9-11-16/h5-11,15,17-18H,1-2,12-14,20H2,3-4H3,(H,21,23). The number of rotatable bonds is 10. The van der Waals surface area contributed by atoms with Crippen LogP contribution >= 0.6 is 0 Å². The molecule has 126 valence electrons. The fourth-order valence-electron chi connectivity index (χ4n) is 2.59. The molecule has 1 rings (SSSR count). The molecule has 0 aliphatic heterocycles. The van der Waals surface area contributed by atoms with Crippen LogP contribution < -0.4 is 11.1 Å². The van der Waals surface area contributed by atoms with Crippen molar-refractivity contribution in [2.24, 2.45) is 11.7 Å². The van der Waals surface area contributed by atoms with Gasteiger partial charge >= 0.3 is 0 Å². The highest BCUT2D eigenvalue weighted by Gasteiger charge is 2.22. The Kier molecular flexibility index (Phi) is 8.30. The Bertz CT molecular complexity index is 489. The Morgan fingerprint density at radius 1 is 1.22 bits per heavy atom. The summed E-state index contributed by atoms with van der Waals surface area (Å²) in [6, 6.07) is 8.97. The Morgan fingerprint density at radius 2 is 1.78 bits per heavy atom. The lowest BCUT2D eigenvalue weighted by atomic mass is 10.0. The number of nitrogens with one attached hydrogen (secondary N) is 1. The number of nitrogens with zero attached hydrogens (tertiary/aromatic N) is 1. The van der Waals surface area contributed by atoms with Gasteiger partial charge in [-0.15, -0.1) is 13.2 Å². The summed E-state index contributed by atoms with van der Waals surface area (Å²) in [5.74, 6) is 0.238. The van der Waals surface area contributed by atoms with E-state index in [2.05, 4.69) is 37.2 Å². The molecule has 23 heavy (non-hydrogen) atoms. The highest BCUT2D eigenvalue weighted by atomic mass is 16.2. The summed E-state index contributed by atoms with van der Waals surface area (Å²) >= 11 is 0. The highest BCUT2D eigenvalue weighted by Crippen LogP contribution is 2.12. The zero-order chi connectivity index (χ0) is 17.2. The zero-order valence-electron chi connectivity index (χ0n) is 14.2. The summed E-state index contributed by atoms with van der Waals surface area (Å²) in [4.78, 5) is 14.6. The topological polar surface area (TPSA) is 58.4 Å². The number of nitrogens with two attached hydrogens (primary N) is 1. The Morgan fingerprint density at radius 3 is 2.26 bits per heavy atom. The van der Waals surface area contributed by atoms with Crippen LogP contribution in [0.5, 0.6) is 0 Å². The first-order valence-corrected chi connectivity index (χ1v) is 8.05. The molecule has 0 aliphatic carbocycles. The molecule has 4 nitrogen and oxygen atoms in total. The minimum Gasteiger partial charge on any atom is -0.353 e. The molecular formula is C19H29N3O. The molecule has 2 atom stereocenters. The molecule has 0 radical (unpaired) electrons. The fraction of sp³-hybridized carbons (Fsp3) is 0.421. The van der Waals surface area contributed by atoms with Crippen molar-refractivity contribution in [2.75, 3.05) is 19.6 Å². The van der Waals surface area contributed by atoms with E-state index >= 15 is 0 Å². The molecule has 1 aromatic carbocycles. The van der Waals surface area contributed by atoms with E-state index in [9.17, 15) is 4.79 Å². The minimum atomic E-state index is -0.642. The van der Waals surface area contributed by atoms with Crippen molar-refractivity contribution in [3.8, 4) is 0 Å². The Hall–Kier alpha value is -1.91. The van der Waals surface area contributed by atoms with Gasteiger partial charge in [-0.3, -0.25) is 9.69 Å². The third-order valence-corrected chi connectivity index (χ3v) is 3.89. The largest absolute Gasteiger partial charge is 0.353 e. The number of hydrogen-bond acceptors (Lipinski definition) is 3. The molecule has 1 amide bonds. The summed E-state index contributed by atoms with van der Waals surface area (Å²) in [6.45, 7) is 14.0. The molecule has 3 N–H and O–H groups in total. The summed E-state index contributed by atoms with van der Waals surface area (Å²) < 4.78 is 0. The van der Waals surface area contributed by atoms with E-state index in [1.807, 2.05) is 42.5 Å². The van der Waals surface area contributed by atoms with E-state index in [1.54, 1.807) is 0 Å². The highest BCUT2D eigenvalue weighted by molar-refractivity contribution is 5.82. The molecule has 1 aromatic rings. The van der Waals surface area contributed by atoms with Crippen LogP contribution in [0.15, 0.2) is 55.6 Å². The lowest BCUT2D eigenvalue weighted by Gasteiger charge is -2.33. The number of benzene rings is 1. The van der Waals surface area contributed by atoms with Crippen LogP contribution in [0.1, 0.15) is 25.5 Å². The van der Waals surface area contributed by atoms with Crippen molar-refractivity contribution >= 4 is 5.91 Å². The fourth-order valence-corrected chi connectivity index (χ4v) is 2.59. The molecule has 0 spiro atoms. The normalized spacial score (nSPS) is 13.6. The van der Waals surface area contributed by atoms with Gasteiger partial charge in [0.15, 0.2) is 0 Å². The first-order chi connectivity index (χ1) is 11.0. The van der Waals surface area contributed by atoms with Crippen molar-refractivity contribution < 1.29 is 4.79 Å². The van der Waals surface area contributed by atoms with E-state index in [1.165, 1.54) is 0 Å². The smallest absolute Gasteiger partial charge is 0.241 e. The molecule has 4 heteroatoms. The van der Waals surface area contributed by atoms with Gasteiger partial charge in [-0.05, 0) is 11.5 Å². The van der Waals surface area contributed by atoms with Crippen LogP contribution in [0, 0.1) is 5.92 Å².